The average Bonchev–Trinajstić information content (AvgIpc) is 3.38. The van der Waals surface area contributed by atoms with Gasteiger partial charge in [-0.15, -0.1) is 0 Å². The van der Waals surface area contributed by atoms with Crippen molar-refractivity contribution in [3.05, 3.63) is 65.5 Å². The van der Waals surface area contributed by atoms with Gasteiger partial charge in [0.05, 0.1) is 5.69 Å². The Morgan fingerprint density at radius 2 is 2.04 bits per heavy atom. The van der Waals surface area contributed by atoms with E-state index in [0.29, 0.717) is 5.69 Å². The largest absolute Gasteiger partial charge is 0.350 e. The van der Waals surface area contributed by atoms with E-state index in [9.17, 15) is 13.6 Å². The minimum absolute atomic E-state index is 0.218. The number of alkyl halides is 2. The molecule has 0 spiro atoms. The number of imidazole rings is 1. The number of para-hydroxylation sites is 1. The van der Waals surface area contributed by atoms with Gasteiger partial charge in [-0.05, 0) is 31.4 Å². The third-order valence-electron chi connectivity index (χ3n) is 4.74. The molecule has 0 atom stereocenters. The summed E-state index contributed by atoms with van der Waals surface area (Å²) in [4.78, 5) is 16.6. The quantitative estimate of drug-likeness (QED) is 0.725. The van der Waals surface area contributed by atoms with Crippen molar-refractivity contribution in [3.8, 4) is 5.69 Å². The highest BCUT2D eigenvalue weighted by molar-refractivity contribution is 5.94. The van der Waals surface area contributed by atoms with Crippen LogP contribution in [0.4, 0.5) is 8.78 Å². The van der Waals surface area contributed by atoms with Crippen LogP contribution in [0.5, 0.6) is 0 Å². The Kier molecular flexibility index (Phi) is 4.70. The molecule has 4 rings (SSSR count). The third kappa shape index (κ3) is 3.34. The molecule has 1 amide bonds. The number of hydrogen-bond acceptors (Lipinski definition) is 3. The average molecular weight is 371 g/mol. The number of amides is 1. The minimum Gasteiger partial charge on any atom is -0.350 e. The molecule has 27 heavy (non-hydrogen) atoms. The van der Waals surface area contributed by atoms with Gasteiger partial charge in [-0.2, -0.15) is 13.9 Å². The Bertz CT molecular complexity index is 948. The van der Waals surface area contributed by atoms with Gasteiger partial charge >= 0.3 is 6.55 Å². The monoisotopic (exact) mass is 371 g/mol. The second kappa shape index (κ2) is 7.30. The van der Waals surface area contributed by atoms with Gasteiger partial charge in [-0.1, -0.05) is 18.2 Å². The first-order chi connectivity index (χ1) is 13.1. The van der Waals surface area contributed by atoms with E-state index >= 15 is 0 Å². The van der Waals surface area contributed by atoms with Crippen LogP contribution in [0.1, 0.15) is 40.5 Å². The van der Waals surface area contributed by atoms with Gasteiger partial charge in [0.25, 0.3) is 5.91 Å². The number of rotatable bonds is 6. The number of carbonyl (C=O) groups excluding carboxylic acids is 1. The number of aromatic nitrogens is 4. The maximum Gasteiger partial charge on any atom is 0.319 e. The number of benzene rings is 1. The topological polar surface area (TPSA) is 64.7 Å². The maximum absolute atomic E-state index is 12.8. The molecule has 1 N–H and O–H groups in total. The summed E-state index contributed by atoms with van der Waals surface area (Å²) in [5.74, 6) is -0.0386. The van der Waals surface area contributed by atoms with Crippen molar-refractivity contribution < 1.29 is 13.6 Å². The van der Waals surface area contributed by atoms with Crippen LogP contribution in [0, 0.1) is 0 Å². The predicted octanol–water partition coefficient (Wildman–Crippen LogP) is 2.93. The van der Waals surface area contributed by atoms with Crippen molar-refractivity contribution in [1.29, 1.82) is 0 Å². The summed E-state index contributed by atoms with van der Waals surface area (Å²) in [5.41, 5.74) is 3.39. The van der Waals surface area contributed by atoms with Crippen molar-refractivity contribution in [2.45, 2.75) is 32.2 Å². The maximum atomic E-state index is 12.8. The van der Waals surface area contributed by atoms with Gasteiger partial charge in [0.1, 0.15) is 5.82 Å². The number of nitrogens with zero attached hydrogens (tertiary/aromatic N) is 4. The molecule has 0 radical (unpaired) electrons. The van der Waals surface area contributed by atoms with E-state index in [1.165, 1.54) is 12.4 Å². The van der Waals surface area contributed by atoms with Crippen molar-refractivity contribution in [1.82, 2.24) is 24.6 Å². The normalized spacial score (nSPS) is 13.1. The molecule has 2 heterocycles. The number of fused-ring (bicyclic) bond motifs is 1. The summed E-state index contributed by atoms with van der Waals surface area (Å²) in [5, 5.41) is 7.31. The van der Waals surface area contributed by atoms with Crippen LogP contribution in [-0.2, 0) is 19.3 Å². The van der Waals surface area contributed by atoms with E-state index < -0.39 is 6.55 Å². The highest BCUT2D eigenvalue weighted by Crippen LogP contribution is 2.27. The molecule has 0 bridgehead atoms. The van der Waals surface area contributed by atoms with Crippen LogP contribution in [0.2, 0.25) is 0 Å². The first-order valence-electron chi connectivity index (χ1n) is 8.89. The lowest BCUT2D eigenvalue weighted by Crippen LogP contribution is -2.27. The lowest BCUT2D eigenvalue weighted by Gasteiger charge is -2.07. The molecule has 1 aliphatic carbocycles. The molecular formula is C19H19F2N5O. The molecule has 3 aromatic rings. The fraction of sp³-hybridized carbons (Fsp3) is 0.316. The standard InChI is InChI=1S/C19H19F2N5O/c20-19(21)25-12-11-22-16(25)9-10-23-18(27)17-14-7-4-8-15(14)26(24-17)13-5-2-1-3-6-13/h1-3,5-6,11-12,19H,4,7-10H2,(H,23,27). The van der Waals surface area contributed by atoms with E-state index in [-0.39, 0.29) is 24.7 Å². The Morgan fingerprint density at radius 3 is 2.81 bits per heavy atom. The zero-order valence-corrected chi connectivity index (χ0v) is 14.6. The Labute approximate surface area is 154 Å². The van der Waals surface area contributed by atoms with Crippen molar-refractivity contribution >= 4 is 5.91 Å². The second-order valence-electron chi connectivity index (χ2n) is 6.41. The van der Waals surface area contributed by atoms with Gasteiger partial charge in [0, 0.05) is 36.6 Å². The molecule has 0 saturated carbocycles. The molecule has 1 aromatic carbocycles. The minimum atomic E-state index is -2.64. The molecule has 0 fully saturated rings. The third-order valence-corrected chi connectivity index (χ3v) is 4.74. The summed E-state index contributed by atoms with van der Waals surface area (Å²) in [6, 6.07) is 9.71. The number of halogens is 2. The van der Waals surface area contributed by atoms with Crippen LogP contribution in [-0.4, -0.2) is 31.8 Å². The Hall–Kier alpha value is -3.03. The number of carbonyl (C=O) groups is 1. The van der Waals surface area contributed by atoms with Gasteiger partial charge < -0.3 is 5.32 Å². The molecule has 1 aliphatic rings. The lowest BCUT2D eigenvalue weighted by atomic mass is 10.2. The van der Waals surface area contributed by atoms with E-state index in [4.69, 9.17) is 0 Å². The Morgan fingerprint density at radius 1 is 1.22 bits per heavy atom. The Balaban J connectivity index is 1.49. The molecule has 8 heteroatoms. The molecule has 2 aromatic heterocycles. The summed E-state index contributed by atoms with van der Waals surface area (Å²) >= 11 is 0. The smallest absolute Gasteiger partial charge is 0.319 e. The van der Waals surface area contributed by atoms with Gasteiger partial charge in [0.2, 0.25) is 0 Å². The van der Waals surface area contributed by atoms with Gasteiger partial charge in [0.15, 0.2) is 5.69 Å². The van der Waals surface area contributed by atoms with Gasteiger partial charge in [-0.3, -0.25) is 9.36 Å². The fourth-order valence-electron chi connectivity index (χ4n) is 3.49. The molecule has 0 aliphatic heterocycles. The summed E-state index contributed by atoms with van der Waals surface area (Å²) in [6.45, 7) is -2.42. The van der Waals surface area contributed by atoms with Crippen molar-refractivity contribution in [2.75, 3.05) is 6.54 Å². The molecule has 0 saturated heterocycles. The van der Waals surface area contributed by atoms with Gasteiger partial charge in [-0.25, -0.2) is 9.67 Å². The summed E-state index contributed by atoms with van der Waals surface area (Å²) < 4.78 is 28.3. The first-order valence-corrected chi connectivity index (χ1v) is 8.89. The van der Waals surface area contributed by atoms with Crippen molar-refractivity contribution in [3.63, 3.8) is 0 Å². The van der Waals surface area contributed by atoms with Crippen LogP contribution < -0.4 is 5.32 Å². The van der Waals surface area contributed by atoms with Crippen LogP contribution in [0.15, 0.2) is 42.7 Å². The summed E-state index contributed by atoms with van der Waals surface area (Å²) in [6.07, 6.45) is 5.49. The fourth-order valence-corrected chi connectivity index (χ4v) is 3.49. The lowest BCUT2D eigenvalue weighted by molar-refractivity contribution is 0.0670. The number of hydrogen-bond donors (Lipinski definition) is 1. The zero-order valence-electron chi connectivity index (χ0n) is 14.6. The molecule has 0 unspecified atom stereocenters. The molecule has 140 valence electrons. The molecule has 6 nitrogen and oxygen atoms in total. The second-order valence-corrected chi connectivity index (χ2v) is 6.41. The zero-order chi connectivity index (χ0) is 18.8. The van der Waals surface area contributed by atoms with Crippen LogP contribution in [0.25, 0.3) is 5.69 Å². The van der Waals surface area contributed by atoms with Crippen LogP contribution >= 0.6 is 0 Å². The van der Waals surface area contributed by atoms with E-state index in [2.05, 4.69) is 15.4 Å². The van der Waals surface area contributed by atoms with Crippen LogP contribution in [0.3, 0.4) is 0 Å². The van der Waals surface area contributed by atoms with E-state index in [1.807, 2.05) is 35.0 Å². The van der Waals surface area contributed by atoms with E-state index in [0.717, 1.165) is 40.8 Å². The highest BCUT2D eigenvalue weighted by atomic mass is 19.3. The molecular weight excluding hydrogens is 352 g/mol. The van der Waals surface area contributed by atoms with E-state index in [1.54, 1.807) is 0 Å². The van der Waals surface area contributed by atoms with Crippen molar-refractivity contribution in [2.24, 2.45) is 0 Å². The predicted molar refractivity (Wildman–Crippen MR) is 95.1 cm³/mol. The summed E-state index contributed by atoms with van der Waals surface area (Å²) in [7, 11) is 0. The highest BCUT2D eigenvalue weighted by Gasteiger charge is 2.26. The first kappa shape index (κ1) is 17.4. The number of nitrogens with one attached hydrogen (secondary N) is 1. The SMILES string of the molecule is O=C(NCCc1nccn1C(F)F)c1nn(-c2ccccc2)c2c1CCC2.